The van der Waals surface area contributed by atoms with E-state index in [1.54, 1.807) is 20.8 Å². The highest BCUT2D eigenvalue weighted by molar-refractivity contribution is 9.10. The molecule has 0 heterocycles. The molecule has 1 aromatic rings. The smallest absolute Gasteiger partial charge is 0.156 e. The highest BCUT2D eigenvalue weighted by Crippen LogP contribution is 2.20. The van der Waals surface area contributed by atoms with Crippen LogP contribution in [0.1, 0.15) is 26.3 Å². The lowest BCUT2D eigenvalue weighted by molar-refractivity contribution is 0.560. The van der Waals surface area contributed by atoms with Gasteiger partial charge in [0.1, 0.15) is 0 Å². The van der Waals surface area contributed by atoms with Crippen LogP contribution in [-0.4, -0.2) is 25.5 Å². The molecule has 0 aliphatic rings. The quantitative estimate of drug-likeness (QED) is 0.918. The Morgan fingerprint density at radius 2 is 1.83 bits per heavy atom. The van der Waals surface area contributed by atoms with E-state index in [1.165, 1.54) is 0 Å². The number of halogens is 1. The van der Waals surface area contributed by atoms with Gasteiger partial charge in [0.25, 0.3) is 0 Å². The van der Waals surface area contributed by atoms with Crippen LogP contribution in [0.25, 0.3) is 0 Å². The molecule has 0 aliphatic carbocycles. The fourth-order valence-electron chi connectivity index (χ4n) is 1.47. The largest absolute Gasteiger partial charge is 0.384 e. The molecule has 5 heteroatoms. The molecular formula is C13H20BrNO2S. The van der Waals surface area contributed by atoms with Crippen molar-refractivity contribution in [2.75, 3.05) is 17.6 Å². The predicted molar refractivity (Wildman–Crippen MR) is 80.9 cm³/mol. The summed E-state index contributed by atoms with van der Waals surface area (Å²) in [5.41, 5.74) is 2.07. The van der Waals surface area contributed by atoms with E-state index in [1.807, 2.05) is 25.1 Å². The van der Waals surface area contributed by atoms with Crippen LogP contribution in [0.5, 0.6) is 0 Å². The maximum absolute atomic E-state index is 11.9. The molecule has 3 nitrogen and oxygen atoms in total. The van der Waals surface area contributed by atoms with Crippen LogP contribution in [0.2, 0.25) is 0 Å². The summed E-state index contributed by atoms with van der Waals surface area (Å²) < 4.78 is 24.2. The van der Waals surface area contributed by atoms with Crippen molar-refractivity contribution in [3.05, 3.63) is 28.2 Å². The van der Waals surface area contributed by atoms with Crippen LogP contribution >= 0.6 is 15.9 Å². The van der Waals surface area contributed by atoms with Crippen molar-refractivity contribution in [2.45, 2.75) is 32.4 Å². The molecule has 18 heavy (non-hydrogen) atoms. The van der Waals surface area contributed by atoms with Gasteiger partial charge in [-0.05, 0) is 51.5 Å². The van der Waals surface area contributed by atoms with Gasteiger partial charge in [-0.1, -0.05) is 15.9 Å². The van der Waals surface area contributed by atoms with Crippen molar-refractivity contribution >= 4 is 31.5 Å². The second-order valence-corrected chi connectivity index (χ2v) is 9.15. The van der Waals surface area contributed by atoms with Gasteiger partial charge in [-0.2, -0.15) is 0 Å². The Hall–Kier alpha value is -0.550. The summed E-state index contributed by atoms with van der Waals surface area (Å²) in [6.45, 7) is 7.61. The minimum Gasteiger partial charge on any atom is -0.384 e. The predicted octanol–water partition coefficient (Wildman–Crippen LogP) is 3.38. The van der Waals surface area contributed by atoms with Crippen molar-refractivity contribution < 1.29 is 8.42 Å². The first-order valence-corrected chi connectivity index (χ1v) is 8.30. The standard InChI is InChI=1S/C13H20BrNO2S/c1-10-7-11(14)9-12(8-10)15-5-6-18(16,17)13(2,3)4/h7-9,15H,5-6H2,1-4H3. The Kier molecular flexibility index (Phi) is 4.84. The maximum atomic E-state index is 11.9. The van der Waals surface area contributed by atoms with Crippen LogP contribution < -0.4 is 5.32 Å². The summed E-state index contributed by atoms with van der Waals surface area (Å²) in [5, 5.41) is 3.15. The van der Waals surface area contributed by atoms with Crippen LogP contribution in [0.4, 0.5) is 5.69 Å². The zero-order valence-electron chi connectivity index (χ0n) is 11.2. The highest BCUT2D eigenvalue weighted by atomic mass is 79.9. The minimum absolute atomic E-state index is 0.141. The Morgan fingerprint density at radius 3 is 2.33 bits per heavy atom. The first-order chi connectivity index (χ1) is 8.12. The van der Waals surface area contributed by atoms with Crippen LogP contribution in [-0.2, 0) is 9.84 Å². The molecule has 0 fully saturated rings. The van der Waals surface area contributed by atoms with E-state index in [9.17, 15) is 8.42 Å². The number of benzene rings is 1. The van der Waals surface area contributed by atoms with Crippen molar-refractivity contribution in [3.63, 3.8) is 0 Å². The van der Waals surface area contributed by atoms with Crippen LogP contribution in [0.15, 0.2) is 22.7 Å². The third-order valence-electron chi connectivity index (χ3n) is 2.68. The van der Waals surface area contributed by atoms with E-state index in [0.29, 0.717) is 6.54 Å². The molecule has 1 N–H and O–H groups in total. The van der Waals surface area contributed by atoms with Gasteiger partial charge in [-0.15, -0.1) is 0 Å². The lowest BCUT2D eigenvalue weighted by atomic mass is 10.2. The summed E-state index contributed by atoms with van der Waals surface area (Å²) in [7, 11) is -3.06. The maximum Gasteiger partial charge on any atom is 0.156 e. The minimum atomic E-state index is -3.06. The zero-order chi connectivity index (χ0) is 14.0. The van der Waals surface area contributed by atoms with E-state index in [0.717, 1.165) is 15.7 Å². The Morgan fingerprint density at radius 1 is 1.22 bits per heavy atom. The fourth-order valence-corrected chi connectivity index (χ4v) is 3.07. The van der Waals surface area contributed by atoms with Gasteiger partial charge in [0, 0.05) is 16.7 Å². The molecule has 0 amide bonds. The fraction of sp³-hybridized carbons (Fsp3) is 0.538. The monoisotopic (exact) mass is 333 g/mol. The number of aryl methyl sites for hydroxylation is 1. The summed E-state index contributed by atoms with van der Waals surface area (Å²) in [5.74, 6) is 0.141. The van der Waals surface area contributed by atoms with E-state index < -0.39 is 14.6 Å². The molecule has 0 aromatic heterocycles. The summed E-state index contributed by atoms with van der Waals surface area (Å²) in [4.78, 5) is 0. The van der Waals surface area contributed by atoms with E-state index in [-0.39, 0.29) is 5.75 Å². The molecule has 1 aromatic carbocycles. The molecule has 0 saturated heterocycles. The molecule has 0 radical (unpaired) electrons. The molecule has 0 spiro atoms. The second kappa shape index (κ2) is 5.61. The van der Waals surface area contributed by atoms with E-state index >= 15 is 0 Å². The number of rotatable bonds is 4. The van der Waals surface area contributed by atoms with Crippen molar-refractivity contribution in [3.8, 4) is 0 Å². The third kappa shape index (κ3) is 4.28. The Bertz CT molecular complexity index is 498. The van der Waals surface area contributed by atoms with Crippen molar-refractivity contribution in [1.82, 2.24) is 0 Å². The molecule has 0 bridgehead atoms. The number of hydrogen-bond acceptors (Lipinski definition) is 3. The van der Waals surface area contributed by atoms with Crippen molar-refractivity contribution in [1.29, 1.82) is 0 Å². The van der Waals surface area contributed by atoms with Gasteiger partial charge in [0.05, 0.1) is 10.5 Å². The number of anilines is 1. The Balaban J connectivity index is 2.63. The number of sulfone groups is 1. The van der Waals surface area contributed by atoms with Crippen LogP contribution in [0.3, 0.4) is 0 Å². The average Bonchev–Trinajstić information content (AvgIpc) is 2.13. The van der Waals surface area contributed by atoms with Gasteiger partial charge in [-0.3, -0.25) is 0 Å². The lowest BCUT2D eigenvalue weighted by Gasteiger charge is -2.19. The number of hydrogen-bond donors (Lipinski definition) is 1. The normalized spacial score (nSPS) is 12.5. The lowest BCUT2D eigenvalue weighted by Crippen LogP contribution is -2.32. The van der Waals surface area contributed by atoms with Crippen molar-refractivity contribution in [2.24, 2.45) is 0 Å². The van der Waals surface area contributed by atoms with E-state index in [4.69, 9.17) is 0 Å². The topological polar surface area (TPSA) is 46.2 Å². The van der Waals surface area contributed by atoms with Gasteiger partial charge < -0.3 is 5.32 Å². The van der Waals surface area contributed by atoms with Gasteiger partial charge >= 0.3 is 0 Å². The molecule has 0 aliphatic heterocycles. The van der Waals surface area contributed by atoms with Gasteiger partial charge in [-0.25, -0.2) is 8.42 Å². The summed E-state index contributed by atoms with van der Waals surface area (Å²) in [6, 6.07) is 5.95. The SMILES string of the molecule is Cc1cc(Br)cc(NCCS(=O)(=O)C(C)(C)C)c1. The summed E-state index contributed by atoms with van der Waals surface area (Å²) >= 11 is 3.42. The van der Waals surface area contributed by atoms with Crippen LogP contribution in [0, 0.1) is 6.92 Å². The highest BCUT2D eigenvalue weighted by Gasteiger charge is 2.28. The number of nitrogens with one attached hydrogen (secondary N) is 1. The second-order valence-electron chi connectivity index (χ2n) is 5.38. The molecule has 102 valence electrons. The first-order valence-electron chi connectivity index (χ1n) is 5.85. The third-order valence-corrected chi connectivity index (χ3v) is 5.74. The molecule has 1 rings (SSSR count). The zero-order valence-corrected chi connectivity index (χ0v) is 13.7. The molecule has 0 atom stereocenters. The van der Waals surface area contributed by atoms with E-state index in [2.05, 4.69) is 21.2 Å². The average molecular weight is 334 g/mol. The molecular weight excluding hydrogens is 314 g/mol. The van der Waals surface area contributed by atoms with Gasteiger partial charge in [0.2, 0.25) is 0 Å². The first kappa shape index (κ1) is 15.5. The summed E-state index contributed by atoms with van der Waals surface area (Å²) in [6.07, 6.45) is 0. The van der Waals surface area contributed by atoms with Gasteiger partial charge in [0.15, 0.2) is 9.84 Å². The Labute approximate surface area is 118 Å². The molecule has 0 saturated carbocycles. The molecule has 0 unspecified atom stereocenters.